The van der Waals surface area contributed by atoms with E-state index in [2.05, 4.69) is 13.5 Å². The lowest BCUT2D eigenvalue weighted by molar-refractivity contribution is -0.154. The molecule has 1 heterocycles. The van der Waals surface area contributed by atoms with E-state index in [0.717, 1.165) is 44.9 Å². The molecule has 0 aliphatic heterocycles. The average Bonchev–Trinajstić information content (AvgIpc) is 3.06. The number of allylic oxidation sites excluding steroid dienone is 1. The zero-order valence-corrected chi connectivity index (χ0v) is 14.8. The van der Waals surface area contributed by atoms with Crippen LogP contribution in [-0.4, -0.2) is 11.1 Å². The van der Waals surface area contributed by atoms with Crippen molar-refractivity contribution < 1.29 is 14.4 Å². The third-order valence-electron chi connectivity index (χ3n) is 6.94. The Morgan fingerprint density at radius 3 is 2.92 bits per heavy atom. The number of aryl methyl sites for hydroxylation is 1. The summed E-state index contributed by atoms with van der Waals surface area (Å²) in [5.74, 6) is 0.475. The van der Waals surface area contributed by atoms with E-state index in [0.29, 0.717) is 5.92 Å². The van der Waals surface area contributed by atoms with Gasteiger partial charge in [-0.15, -0.1) is 0 Å². The van der Waals surface area contributed by atoms with Gasteiger partial charge in [-0.25, -0.2) is 5.48 Å². The van der Waals surface area contributed by atoms with E-state index >= 15 is 0 Å². The summed E-state index contributed by atoms with van der Waals surface area (Å²) in [5, 5.41) is 9.25. The van der Waals surface area contributed by atoms with Crippen LogP contribution in [0.1, 0.15) is 57.9 Å². The first-order valence-electron chi connectivity index (χ1n) is 9.05. The Morgan fingerprint density at radius 2 is 2.25 bits per heavy atom. The van der Waals surface area contributed by atoms with Gasteiger partial charge >= 0.3 is 0 Å². The van der Waals surface area contributed by atoms with Crippen molar-refractivity contribution in [2.75, 3.05) is 0 Å². The summed E-state index contributed by atoms with van der Waals surface area (Å²) < 4.78 is 5.19. The summed E-state index contributed by atoms with van der Waals surface area (Å²) in [5.41, 5.74) is 4.06. The van der Waals surface area contributed by atoms with Crippen LogP contribution in [0.15, 0.2) is 35.2 Å². The lowest BCUT2D eigenvalue weighted by Crippen LogP contribution is -2.55. The topological polar surface area (TPSA) is 62.5 Å². The summed E-state index contributed by atoms with van der Waals surface area (Å²) in [4.78, 5) is 12.4. The first kappa shape index (κ1) is 17.3. The van der Waals surface area contributed by atoms with Gasteiger partial charge in [0.1, 0.15) is 0 Å². The van der Waals surface area contributed by atoms with Gasteiger partial charge in [-0.2, -0.15) is 0 Å². The van der Waals surface area contributed by atoms with E-state index in [1.54, 1.807) is 6.26 Å². The fraction of sp³-hybridized carbons (Fsp3) is 0.650. The van der Waals surface area contributed by atoms with Crippen LogP contribution in [-0.2, 0) is 11.2 Å². The minimum absolute atomic E-state index is 0.0680. The van der Waals surface area contributed by atoms with Crippen LogP contribution in [0.4, 0.5) is 0 Å². The van der Waals surface area contributed by atoms with Gasteiger partial charge in [0, 0.05) is 0 Å². The molecule has 3 rings (SSSR count). The highest BCUT2D eigenvalue weighted by Crippen LogP contribution is 2.61. The number of nitrogens with one attached hydrogen (secondary N) is 1. The molecule has 2 saturated carbocycles. The van der Waals surface area contributed by atoms with Gasteiger partial charge in [0.2, 0.25) is 5.91 Å². The third kappa shape index (κ3) is 2.71. The van der Waals surface area contributed by atoms with Crippen molar-refractivity contribution in [1.29, 1.82) is 0 Å². The standard InChI is InChI=1S/C20H29NO3/c1-14-5-8-17-19(2,10-4-11-20(17,3)18(22)21-23)16(14)7-6-15-9-12-24-13-15/h9,12-13,16-17,23H,1,4-8,10-11H2,2-3H3,(H,21,22)/t16-,17+,19+,20-/m0/s1. The molecule has 2 aliphatic rings. The predicted octanol–water partition coefficient (Wildman–Crippen LogP) is 4.50. The molecule has 1 aromatic rings. The molecule has 0 aromatic carbocycles. The summed E-state index contributed by atoms with van der Waals surface area (Å²) in [6, 6.07) is 2.02. The van der Waals surface area contributed by atoms with Crippen LogP contribution in [0.5, 0.6) is 0 Å². The highest BCUT2D eigenvalue weighted by Gasteiger charge is 2.57. The van der Waals surface area contributed by atoms with Crippen LogP contribution < -0.4 is 5.48 Å². The van der Waals surface area contributed by atoms with Crippen molar-refractivity contribution in [3.8, 4) is 0 Å². The fourth-order valence-corrected chi connectivity index (χ4v) is 5.63. The molecule has 2 fully saturated rings. The number of amides is 1. The van der Waals surface area contributed by atoms with Crippen molar-refractivity contribution in [2.24, 2.45) is 22.7 Å². The van der Waals surface area contributed by atoms with E-state index in [9.17, 15) is 10.0 Å². The van der Waals surface area contributed by atoms with Crippen molar-refractivity contribution in [3.05, 3.63) is 36.3 Å². The first-order valence-corrected chi connectivity index (χ1v) is 9.05. The molecule has 2 aliphatic carbocycles. The number of carbonyl (C=O) groups excluding carboxylic acids is 1. The van der Waals surface area contributed by atoms with E-state index in [4.69, 9.17) is 4.42 Å². The maximum atomic E-state index is 12.4. The number of hydroxylamine groups is 1. The number of rotatable bonds is 4. The Morgan fingerprint density at radius 1 is 1.46 bits per heavy atom. The monoisotopic (exact) mass is 331 g/mol. The molecule has 1 aromatic heterocycles. The summed E-state index contributed by atoms with van der Waals surface area (Å²) >= 11 is 0. The zero-order chi connectivity index (χ0) is 17.4. The molecule has 4 nitrogen and oxygen atoms in total. The van der Waals surface area contributed by atoms with Crippen LogP contribution >= 0.6 is 0 Å². The molecule has 4 atom stereocenters. The maximum Gasteiger partial charge on any atom is 0.249 e. The van der Waals surface area contributed by atoms with E-state index in [-0.39, 0.29) is 17.2 Å². The second-order valence-electron chi connectivity index (χ2n) is 8.19. The minimum atomic E-state index is -0.490. The fourth-order valence-electron chi connectivity index (χ4n) is 5.63. The minimum Gasteiger partial charge on any atom is -0.472 e. The van der Waals surface area contributed by atoms with Crippen molar-refractivity contribution in [3.63, 3.8) is 0 Å². The number of hydrogen-bond acceptors (Lipinski definition) is 3. The van der Waals surface area contributed by atoms with E-state index < -0.39 is 5.41 Å². The van der Waals surface area contributed by atoms with Crippen LogP contribution in [0.2, 0.25) is 0 Å². The second kappa shape index (κ2) is 6.40. The van der Waals surface area contributed by atoms with Crippen LogP contribution in [0.25, 0.3) is 0 Å². The SMILES string of the molecule is C=C1CC[C@@H]2[C@](C)(CCC[C@]2(C)C(=O)NO)[C@H]1CCc1ccoc1. The van der Waals surface area contributed by atoms with Gasteiger partial charge in [0.05, 0.1) is 17.9 Å². The Bertz CT molecular complexity index is 608. The number of fused-ring (bicyclic) bond motifs is 1. The zero-order valence-electron chi connectivity index (χ0n) is 14.8. The molecule has 132 valence electrons. The molecule has 0 saturated heterocycles. The Hall–Kier alpha value is -1.55. The second-order valence-corrected chi connectivity index (χ2v) is 8.19. The normalized spacial score (nSPS) is 36.2. The Balaban J connectivity index is 1.86. The van der Waals surface area contributed by atoms with Gasteiger partial charge in [-0.3, -0.25) is 10.0 Å². The van der Waals surface area contributed by atoms with Crippen molar-refractivity contribution in [2.45, 2.75) is 58.8 Å². The molecular weight excluding hydrogens is 302 g/mol. The molecule has 0 bridgehead atoms. The molecule has 24 heavy (non-hydrogen) atoms. The van der Waals surface area contributed by atoms with Crippen LogP contribution in [0.3, 0.4) is 0 Å². The van der Waals surface area contributed by atoms with E-state index in [1.807, 2.05) is 24.7 Å². The molecule has 1 amide bonds. The van der Waals surface area contributed by atoms with Gasteiger partial charge in [0.25, 0.3) is 0 Å². The molecule has 2 N–H and O–H groups in total. The van der Waals surface area contributed by atoms with Crippen LogP contribution in [0, 0.1) is 22.7 Å². The quantitative estimate of drug-likeness (QED) is 0.485. The largest absolute Gasteiger partial charge is 0.472 e. The van der Waals surface area contributed by atoms with Crippen molar-refractivity contribution in [1.82, 2.24) is 5.48 Å². The van der Waals surface area contributed by atoms with E-state index in [1.165, 1.54) is 11.1 Å². The molecular formula is C20H29NO3. The number of carbonyl (C=O) groups is 1. The molecule has 0 unspecified atom stereocenters. The van der Waals surface area contributed by atoms with Crippen molar-refractivity contribution >= 4 is 5.91 Å². The Labute approximate surface area is 144 Å². The lowest BCUT2D eigenvalue weighted by atomic mass is 9.46. The Kier molecular flexibility index (Phi) is 4.60. The summed E-state index contributed by atoms with van der Waals surface area (Å²) in [7, 11) is 0. The number of hydrogen-bond donors (Lipinski definition) is 2. The highest BCUT2D eigenvalue weighted by molar-refractivity contribution is 5.81. The lowest BCUT2D eigenvalue weighted by Gasteiger charge is -2.58. The number of furan rings is 1. The summed E-state index contributed by atoms with van der Waals surface area (Å²) in [6.07, 6.45) is 10.5. The third-order valence-corrected chi connectivity index (χ3v) is 6.94. The maximum absolute atomic E-state index is 12.4. The van der Waals surface area contributed by atoms with Gasteiger partial charge in [0.15, 0.2) is 0 Å². The van der Waals surface area contributed by atoms with Gasteiger partial charge in [-0.05, 0) is 67.4 Å². The first-order chi connectivity index (χ1) is 11.4. The highest BCUT2D eigenvalue weighted by atomic mass is 16.5. The predicted molar refractivity (Wildman–Crippen MR) is 92.4 cm³/mol. The van der Waals surface area contributed by atoms with Gasteiger partial charge < -0.3 is 4.42 Å². The average molecular weight is 331 g/mol. The molecule has 0 spiro atoms. The summed E-state index contributed by atoms with van der Waals surface area (Å²) in [6.45, 7) is 8.74. The molecule has 4 heteroatoms. The van der Waals surface area contributed by atoms with Gasteiger partial charge in [-0.1, -0.05) is 32.4 Å². The molecule has 0 radical (unpaired) electrons. The smallest absolute Gasteiger partial charge is 0.249 e.